The summed E-state index contributed by atoms with van der Waals surface area (Å²) in [6.07, 6.45) is 0.301. The smallest absolute Gasteiger partial charge is 0.352 e. The number of aromatic nitrogens is 2. The number of hydrogen-bond acceptors (Lipinski definition) is 3. The first kappa shape index (κ1) is 22.6. The third-order valence-electron chi connectivity index (χ3n) is 5.28. The van der Waals surface area contributed by atoms with Crippen LogP contribution in [-0.4, -0.2) is 46.8 Å². The lowest BCUT2D eigenvalue weighted by Gasteiger charge is -2.30. The summed E-state index contributed by atoms with van der Waals surface area (Å²) in [4.78, 5) is 14.8. The van der Waals surface area contributed by atoms with Gasteiger partial charge in [0.25, 0.3) is 5.91 Å². The van der Waals surface area contributed by atoms with E-state index in [0.717, 1.165) is 36.9 Å². The zero-order valence-corrected chi connectivity index (χ0v) is 17.6. The average Bonchev–Trinajstić information content (AvgIpc) is 3.14. The van der Waals surface area contributed by atoms with Crippen LogP contribution in [0, 0.1) is 5.92 Å². The highest BCUT2D eigenvalue weighted by atomic mass is 35.5. The van der Waals surface area contributed by atoms with Crippen LogP contribution in [0.25, 0.3) is 5.69 Å². The van der Waals surface area contributed by atoms with Gasteiger partial charge in [-0.3, -0.25) is 4.79 Å². The normalized spacial score (nSPS) is 17.8. The van der Waals surface area contributed by atoms with E-state index in [-0.39, 0.29) is 5.69 Å². The Hall–Kier alpha value is -2.06. The molecule has 1 unspecified atom stereocenters. The molecule has 0 radical (unpaired) electrons. The van der Waals surface area contributed by atoms with Crippen LogP contribution >= 0.6 is 11.6 Å². The van der Waals surface area contributed by atoms with Gasteiger partial charge in [-0.2, -0.15) is 18.3 Å². The molecule has 9 heteroatoms. The lowest BCUT2D eigenvalue weighted by molar-refractivity contribution is -0.143. The Morgan fingerprint density at radius 1 is 1.27 bits per heavy atom. The van der Waals surface area contributed by atoms with Crippen LogP contribution in [0.2, 0.25) is 5.02 Å². The van der Waals surface area contributed by atoms with Crippen molar-refractivity contribution in [3.05, 3.63) is 46.7 Å². The molecule has 1 amide bonds. The van der Waals surface area contributed by atoms with Gasteiger partial charge in [-0.05, 0) is 69.0 Å². The van der Waals surface area contributed by atoms with Gasteiger partial charge in [0.15, 0.2) is 5.69 Å². The number of likely N-dealkylation sites (tertiary alicyclic amines) is 1. The summed E-state index contributed by atoms with van der Waals surface area (Å²) >= 11 is 5.80. The van der Waals surface area contributed by atoms with Gasteiger partial charge in [0, 0.05) is 18.1 Å². The maximum absolute atomic E-state index is 13.7. The molecule has 1 saturated heterocycles. The summed E-state index contributed by atoms with van der Waals surface area (Å²) in [5, 5.41) is 6.80. The number of hydrogen-bond donors (Lipinski definition) is 1. The van der Waals surface area contributed by atoms with Crippen molar-refractivity contribution in [2.75, 3.05) is 26.2 Å². The molecule has 0 aliphatic carbocycles. The van der Waals surface area contributed by atoms with Crippen molar-refractivity contribution in [3.8, 4) is 5.69 Å². The Morgan fingerprint density at radius 3 is 2.67 bits per heavy atom. The van der Waals surface area contributed by atoms with Crippen LogP contribution in [-0.2, 0) is 6.18 Å². The third-order valence-corrected chi connectivity index (χ3v) is 5.53. The molecule has 5 nitrogen and oxygen atoms in total. The minimum absolute atomic E-state index is 0.182. The third kappa shape index (κ3) is 5.76. The maximum Gasteiger partial charge on any atom is 0.434 e. The molecule has 1 N–H and O–H groups in total. The summed E-state index contributed by atoms with van der Waals surface area (Å²) in [5.41, 5.74) is -1.39. The minimum atomic E-state index is -4.73. The van der Waals surface area contributed by atoms with Crippen LogP contribution in [0.15, 0.2) is 30.5 Å². The topological polar surface area (TPSA) is 50.2 Å². The van der Waals surface area contributed by atoms with Crippen LogP contribution in [0.5, 0.6) is 0 Å². The lowest BCUT2D eigenvalue weighted by Crippen LogP contribution is -2.35. The maximum atomic E-state index is 13.7. The van der Waals surface area contributed by atoms with Crippen molar-refractivity contribution in [1.82, 2.24) is 20.0 Å². The number of piperidine rings is 1. The molecular formula is C21H26ClF3N4O. The molecule has 0 spiro atoms. The zero-order valence-electron chi connectivity index (χ0n) is 16.9. The number of carbonyl (C=O) groups is 1. The first-order chi connectivity index (χ1) is 14.3. The fourth-order valence-corrected chi connectivity index (χ4v) is 3.94. The highest BCUT2D eigenvalue weighted by Gasteiger charge is 2.40. The molecule has 1 aliphatic heterocycles. The van der Waals surface area contributed by atoms with Gasteiger partial charge in [-0.1, -0.05) is 18.5 Å². The lowest BCUT2D eigenvalue weighted by atomic mass is 10.0. The number of rotatable bonds is 7. The quantitative estimate of drug-likeness (QED) is 0.627. The number of nitrogens with one attached hydrogen (secondary N) is 1. The summed E-state index contributed by atoms with van der Waals surface area (Å²) in [6, 6.07) is 5.80. The Morgan fingerprint density at radius 2 is 2.00 bits per heavy atom. The van der Waals surface area contributed by atoms with Crippen LogP contribution in [0.4, 0.5) is 13.2 Å². The zero-order chi connectivity index (χ0) is 21.7. The standard InChI is InChI=1S/C21H26ClF3N4O/c1-15-5-4-12-28(14-15)11-3-2-10-26-20(30)18-13-27-29(19(18)21(23,24)25)17-8-6-16(22)7-9-17/h6-9,13,15H,2-5,10-12,14H2,1H3,(H,26,30). The number of benzene rings is 1. The van der Waals surface area contributed by atoms with Crippen molar-refractivity contribution >= 4 is 17.5 Å². The molecule has 2 heterocycles. The number of unbranched alkanes of at least 4 members (excludes halogenated alkanes) is 1. The Labute approximate surface area is 179 Å². The van der Waals surface area contributed by atoms with E-state index in [0.29, 0.717) is 23.9 Å². The predicted molar refractivity (Wildman–Crippen MR) is 110 cm³/mol. The van der Waals surface area contributed by atoms with Gasteiger partial charge < -0.3 is 10.2 Å². The molecule has 1 aromatic heterocycles. The monoisotopic (exact) mass is 442 g/mol. The molecule has 30 heavy (non-hydrogen) atoms. The molecule has 1 aromatic carbocycles. The second-order valence-electron chi connectivity index (χ2n) is 7.80. The highest BCUT2D eigenvalue weighted by molar-refractivity contribution is 6.30. The van der Waals surface area contributed by atoms with E-state index in [1.807, 2.05) is 0 Å². The Balaban J connectivity index is 1.59. The molecule has 1 aliphatic rings. The number of alkyl halides is 3. The van der Waals surface area contributed by atoms with Crippen molar-refractivity contribution < 1.29 is 18.0 Å². The fourth-order valence-electron chi connectivity index (χ4n) is 3.81. The van der Waals surface area contributed by atoms with Crippen molar-refractivity contribution in [2.45, 2.75) is 38.8 Å². The van der Waals surface area contributed by atoms with Gasteiger partial charge >= 0.3 is 6.18 Å². The minimum Gasteiger partial charge on any atom is -0.352 e. The van der Waals surface area contributed by atoms with Gasteiger partial charge in [0.05, 0.1) is 17.4 Å². The Bertz CT molecular complexity index is 851. The SMILES string of the molecule is CC1CCCN(CCCCNC(=O)c2cnn(-c3ccc(Cl)cc3)c2C(F)(F)F)C1. The summed E-state index contributed by atoms with van der Waals surface area (Å²) < 4.78 is 41.8. The molecule has 1 fully saturated rings. The second-order valence-corrected chi connectivity index (χ2v) is 8.24. The van der Waals surface area contributed by atoms with E-state index >= 15 is 0 Å². The molecular weight excluding hydrogens is 417 g/mol. The van der Waals surface area contributed by atoms with Crippen molar-refractivity contribution in [2.24, 2.45) is 5.92 Å². The molecule has 0 saturated carbocycles. The molecule has 2 aromatic rings. The van der Waals surface area contributed by atoms with E-state index in [2.05, 4.69) is 22.2 Å². The first-order valence-electron chi connectivity index (χ1n) is 10.2. The van der Waals surface area contributed by atoms with Gasteiger partial charge in [-0.25, -0.2) is 4.68 Å². The largest absolute Gasteiger partial charge is 0.434 e. The van der Waals surface area contributed by atoms with E-state index < -0.39 is 23.3 Å². The van der Waals surface area contributed by atoms with Gasteiger partial charge in [0.2, 0.25) is 0 Å². The number of carbonyl (C=O) groups excluding carboxylic acids is 1. The molecule has 164 valence electrons. The number of halogens is 4. The first-order valence-corrected chi connectivity index (χ1v) is 10.5. The Kier molecular flexibility index (Phi) is 7.41. The fraction of sp³-hybridized carbons (Fsp3) is 0.524. The van der Waals surface area contributed by atoms with E-state index in [4.69, 9.17) is 11.6 Å². The summed E-state index contributed by atoms with van der Waals surface area (Å²) in [7, 11) is 0. The second kappa shape index (κ2) is 9.83. The van der Waals surface area contributed by atoms with Crippen molar-refractivity contribution in [1.29, 1.82) is 0 Å². The van der Waals surface area contributed by atoms with Crippen LogP contribution in [0.1, 0.15) is 48.7 Å². The molecule has 0 bridgehead atoms. The molecule has 3 rings (SSSR count). The van der Waals surface area contributed by atoms with Crippen molar-refractivity contribution in [3.63, 3.8) is 0 Å². The van der Waals surface area contributed by atoms with Gasteiger partial charge in [0.1, 0.15) is 0 Å². The summed E-state index contributed by atoms with van der Waals surface area (Å²) in [5.74, 6) is -0.0643. The predicted octanol–water partition coefficient (Wildman–Crippen LogP) is 4.79. The van der Waals surface area contributed by atoms with Gasteiger partial charge in [-0.15, -0.1) is 0 Å². The number of amides is 1. The van der Waals surface area contributed by atoms with E-state index in [9.17, 15) is 18.0 Å². The van der Waals surface area contributed by atoms with E-state index in [1.165, 1.54) is 37.1 Å². The van der Waals surface area contributed by atoms with E-state index in [1.54, 1.807) is 0 Å². The molecule has 1 atom stereocenters. The highest BCUT2D eigenvalue weighted by Crippen LogP contribution is 2.33. The number of nitrogens with zero attached hydrogens (tertiary/aromatic N) is 3. The van der Waals surface area contributed by atoms with Crippen LogP contribution < -0.4 is 5.32 Å². The summed E-state index contributed by atoms with van der Waals surface area (Å²) in [6.45, 7) is 5.70. The van der Waals surface area contributed by atoms with Crippen LogP contribution in [0.3, 0.4) is 0 Å². The average molecular weight is 443 g/mol.